The summed E-state index contributed by atoms with van der Waals surface area (Å²) >= 11 is 0. The van der Waals surface area contributed by atoms with E-state index >= 15 is 0 Å². The SMILES string of the molecule is CCOc1[c]c(C)cc(OCC)c1. The normalized spacial score (nSPS) is 9.77. The summed E-state index contributed by atoms with van der Waals surface area (Å²) in [6.07, 6.45) is 0. The van der Waals surface area contributed by atoms with Gasteiger partial charge in [-0.15, -0.1) is 0 Å². The summed E-state index contributed by atoms with van der Waals surface area (Å²) in [6.45, 7) is 7.23. The fraction of sp³-hybridized carbons (Fsp3) is 0.455. The van der Waals surface area contributed by atoms with Crippen molar-refractivity contribution in [3.8, 4) is 11.5 Å². The quantitative estimate of drug-likeness (QED) is 0.707. The molecular formula is C11H15O2. The van der Waals surface area contributed by atoms with Crippen molar-refractivity contribution in [1.82, 2.24) is 0 Å². The highest BCUT2D eigenvalue weighted by Gasteiger charge is 1.99. The molecule has 1 aromatic rings. The molecule has 0 aliphatic rings. The van der Waals surface area contributed by atoms with Gasteiger partial charge in [-0.3, -0.25) is 0 Å². The zero-order chi connectivity index (χ0) is 9.68. The van der Waals surface area contributed by atoms with Gasteiger partial charge in [0.05, 0.1) is 13.2 Å². The Labute approximate surface area is 79.5 Å². The molecule has 0 aliphatic carbocycles. The lowest BCUT2D eigenvalue weighted by Crippen LogP contribution is -1.95. The summed E-state index contributed by atoms with van der Waals surface area (Å²) in [5, 5.41) is 0. The van der Waals surface area contributed by atoms with Crippen LogP contribution < -0.4 is 9.47 Å². The maximum Gasteiger partial charge on any atom is 0.131 e. The fourth-order valence-corrected chi connectivity index (χ4v) is 1.13. The van der Waals surface area contributed by atoms with E-state index in [1.165, 1.54) is 0 Å². The van der Waals surface area contributed by atoms with E-state index in [-0.39, 0.29) is 0 Å². The van der Waals surface area contributed by atoms with Crippen molar-refractivity contribution in [3.05, 3.63) is 23.8 Å². The molecule has 0 atom stereocenters. The van der Waals surface area contributed by atoms with Gasteiger partial charge in [0, 0.05) is 12.1 Å². The third-order valence-electron chi connectivity index (χ3n) is 1.56. The average Bonchev–Trinajstić information content (AvgIpc) is 2.04. The van der Waals surface area contributed by atoms with Crippen LogP contribution >= 0.6 is 0 Å². The second-order valence-corrected chi connectivity index (χ2v) is 2.73. The maximum absolute atomic E-state index is 5.37. The Hall–Kier alpha value is -1.18. The summed E-state index contributed by atoms with van der Waals surface area (Å²) in [5.74, 6) is 1.60. The molecule has 0 aliphatic heterocycles. The summed E-state index contributed by atoms with van der Waals surface area (Å²) in [4.78, 5) is 0. The molecule has 1 radical (unpaired) electrons. The first-order valence-corrected chi connectivity index (χ1v) is 4.55. The molecule has 2 nitrogen and oxygen atoms in total. The highest BCUT2D eigenvalue weighted by Crippen LogP contribution is 2.21. The van der Waals surface area contributed by atoms with Crippen LogP contribution in [0.4, 0.5) is 0 Å². The lowest BCUT2D eigenvalue weighted by atomic mass is 10.2. The van der Waals surface area contributed by atoms with Crippen molar-refractivity contribution >= 4 is 0 Å². The fourth-order valence-electron chi connectivity index (χ4n) is 1.13. The molecule has 0 N–H and O–H groups in total. The minimum atomic E-state index is 0.658. The third-order valence-corrected chi connectivity index (χ3v) is 1.56. The summed E-state index contributed by atoms with van der Waals surface area (Å²) in [5.41, 5.74) is 1.04. The number of rotatable bonds is 4. The molecule has 0 heterocycles. The average molecular weight is 179 g/mol. The van der Waals surface area contributed by atoms with Crippen molar-refractivity contribution < 1.29 is 9.47 Å². The molecule has 13 heavy (non-hydrogen) atoms. The Morgan fingerprint density at radius 1 is 1.15 bits per heavy atom. The van der Waals surface area contributed by atoms with Gasteiger partial charge in [0.2, 0.25) is 0 Å². The van der Waals surface area contributed by atoms with Crippen molar-refractivity contribution in [2.45, 2.75) is 20.8 Å². The Morgan fingerprint density at radius 3 is 2.46 bits per heavy atom. The van der Waals surface area contributed by atoms with Gasteiger partial charge in [0.1, 0.15) is 11.5 Å². The van der Waals surface area contributed by atoms with Crippen molar-refractivity contribution in [3.63, 3.8) is 0 Å². The Balaban J connectivity index is 2.83. The molecule has 1 aromatic carbocycles. The van der Waals surface area contributed by atoms with E-state index in [2.05, 4.69) is 6.07 Å². The molecule has 2 heteroatoms. The largest absolute Gasteiger partial charge is 0.494 e. The second kappa shape index (κ2) is 4.75. The highest BCUT2D eigenvalue weighted by atomic mass is 16.5. The third kappa shape index (κ3) is 2.98. The summed E-state index contributed by atoms with van der Waals surface area (Å²) < 4.78 is 10.7. The predicted molar refractivity (Wildman–Crippen MR) is 52.4 cm³/mol. The number of aryl methyl sites for hydroxylation is 1. The minimum absolute atomic E-state index is 0.658. The first kappa shape index (κ1) is 9.90. The molecule has 0 spiro atoms. The van der Waals surface area contributed by atoms with Gasteiger partial charge in [-0.25, -0.2) is 0 Å². The zero-order valence-corrected chi connectivity index (χ0v) is 8.39. The van der Waals surface area contributed by atoms with Crippen LogP contribution in [0.5, 0.6) is 11.5 Å². The number of ether oxygens (including phenoxy) is 2. The molecule has 0 saturated heterocycles. The van der Waals surface area contributed by atoms with E-state index in [1.54, 1.807) is 0 Å². The standard InChI is InChI=1S/C11H15O2/c1-4-12-10-6-9(3)7-11(8-10)13-5-2/h6,8H,4-5H2,1-3H3. The smallest absolute Gasteiger partial charge is 0.131 e. The van der Waals surface area contributed by atoms with Crippen LogP contribution in [0.25, 0.3) is 0 Å². The Bertz CT molecular complexity index is 245. The molecule has 0 amide bonds. The molecule has 0 aromatic heterocycles. The van der Waals surface area contributed by atoms with Crippen LogP contribution in [-0.4, -0.2) is 13.2 Å². The molecule has 0 bridgehead atoms. The van der Waals surface area contributed by atoms with E-state index in [0.717, 1.165) is 17.1 Å². The van der Waals surface area contributed by atoms with E-state index in [1.807, 2.05) is 32.9 Å². The van der Waals surface area contributed by atoms with Crippen LogP contribution in [0.15, 0.2) is 12.1 Å². The highest BCUT2D eigenvalue weighted by molar-refractivity contribution is 5.36. The maximum atomic E-state index is 5.37. The Kier molecular flexibility index (Phi) is 3.62. The first-order chi connectivity index (χ1) is 6.26. The van der Waals surface area contributed by atoms with Crippen LogP contribution in [0.3, 0.4) is 0 Å². The van der Waals surface area contributed by atoms with Gasteiger partial charge >= 0.3 is 0 Å². The monoisotopic (exact) mass is 179 g/mol. The number of benzene rings is 1. The van der Waals surface area contributed by atoms with Crippen molar-refractivity contribution in [1.29, 1.82) is 0 Å². The molecule has 0 unspecified atom stereocenters. The van der Waals surface area contributed by atoms with Gasteiger partial charge in [0.25, 0.3) is 0 Å². The van der Waals surface area contributed by atoms with Crippen LogP contribution in [0.2, 0.25) is 0 Å². The molecule has 1 rings (SSSR count). The number of hydrogen-bond acceptors (Lipinski definition) is 2. The van der Waals surface area contributed by atoms with E-state index in [0.29, 0.717) is 13.2 Å². The Morgan fingerprint density at radius 2 is 1.85 bits per heavy atom. The molecule has 0 fully saturated rings. The summed E-state index contributed by atoms with van der Waals surface area (Å²) in [7, 11) is 0. The predicted octanol–water partition coefficient (Wildman–Crippen LogP) is 2.59. The topological polar surface area (TPSA) is 18.5 Å². The van der Waals surface area contributed by atoms with Crippen LogP contribution in [0, 0.1) is 13.0 Å². The molecule has 0 saturated carbocycles. The van der Waals surface area contributed by atoms with Gasteiger partial charge in [-0.2, -0.15) is 0 Å². The van der Waals surface area contributed by atoms with E-state index < -0.39 is 0 Å². The lowest BCUT2D eigenvalue weighted by molar-refractivity contribution is 0.322. The number of hydrogen-bond donors (Lipinski definition) is 0. The van der Waals surface area contributed by atoms with Crippen LogP contribution in [0.1, 0.15) is 19.4 Å². The van der Waals surface area contributed by atoms with Gasteiger partial charge < -0.3 is 9.47 Å². The lowest BCUT2D eigenvalue weighted by Gasteiger charge is -2.07. The van der Waals surface area contributed by atoms with Crippen LogP contribution in [-0.2, 0) is 0 Å². The zero-order valence-electron chi connectivity index (χ0n) is 8.39. The summed E-state index contributed by atoms with van der Waals surface area (Å²) in [6, 6.07) is 6.92. The van der Waals surface area contributed by atoms with Gasteiger partial charge in [-0.05, 0) is 32.4 Å². The first-order valence-electron chi connectivity index (χ1n) is 4.55. The van der Waals surface area contributed by atoms with Gasteiger partial charge in [0.15, 0.2) is 0 Å². The molecular weight excluding hydrogens is 164 g/mol. The van der Waals surface area contributed by atoms with Crippen molar-refractivity contribution in [2.75, 3.05) is 13.2 Å². The second-order valence-electron chi connectivity index (χ2n) is 2.73. The van der Waals surface area contributed by atoms with E-state index in [4.69, 9.17) is 9.47 Å². The molecule has 71 valence electrons. The minimum Gasteiger partial charge on any atom is -0.494 e. The van der Waals surface area contributed by atoms with Gasteiger partial charge in [-0.1, -0.05) is 0 Å². The van der Waals surface area contributed by atoms with Crippen molar-refractivity contribution in [2.24, 2.45) is 0 Å². The van der Waals surface area contributed by atoms with E-state index in [9.17, 15) is 0 Å².